The molecule has 15 heavy (non-hydrogen) atoms. The van der Waals surface area contributed by atoms with Gasteiger partial charge in [0.25, 0.3) is 0 Å². The van der Waals surface area contributed by atoms with E-state index in [-0.39, 0.29) is 0 Å². The standard InChI is InChI=1S/C11H21N3S/c1-10(2)12-7-11-8-13-14(9-11)5-4-6-15-3/h8-10,12H,4-7H2,1-3H3. The fourth-order valence-electron chi connectivity index (χ4n) is 1.31. The van der Waals surface area contributed by atoms with Gasteiger partial charge in [0, 0.05) is 30.9 Å². The monoisotopic (exact) mass is 227 g/mol. The summed E-state index contributed by atoms with van der Waals surface area (Å²) in [5.74, 6) is 1.21. The van der Waals surface area contributed by atoms with E-state index in [0.29, 0.717) is 6.04 Å². The van der Waals surface area contributed by atoms with Gasteiger partial charge in [0.05, 0.1) is 6.20 Å². The van der Waals surface area contributed by atoms with Crippen LogP contribution in [0.2, 0.25) is 0 Å². The molecule has 1 N–H and O–H groups in total. The van der Waals surface area contributed by atoms with Crippen molar-refractivity contribution in [3.05, 3.63) is 18.0 Å². The van der Waals surface area contributed by atoms with E-state index in [9.17, 15) is 0 Å². The van der Waals surface area contributed by atoms with E-state index in [4.69, 9.17) is 0 Å². The fourth-order valence-corrected chi connectivity index (χ4v) is 1.73. The van der Waals surface area contributed by atoms with Gasteiger partial charge in [-0.1, -0.05) is 13.8 Å². The van der Waals surface area contributed by atoms with Gasteiger partial charge in [-0.25, -0.2) is 0 Å². The van der Waals surface area contributed by atoms with Crippen molar-refractivity contribution in [3.8, 4) is 0 Å². The molecule has 0 atom stereocenters. The highest BCUT2D eigenvalue weighted by Crippen LogP contribution is 2.01. The van der Waals surface area contributed by atoms with Crippen molar-refractivity contribution >= 4 is 11.8 Å². The van der Waals surface area contributed by atoms with Crippen LogP contribution in [-0.4, -0.2) is 27.8 Å². The maximum Gasteiger partial charge on any atom is 0.0534 e. The van der Waals surface area contributed by atoms with Gasteiger partial charge >= 0.3 is 0 Å². The maximum atomic E-state index is 4.33. The second kappa shape index (κ2) is 6.90. The van der Waals surface area contributed by atoms with Crippen molar-refractivity contribution in [2.24, 2.45) is 0 Å². The van der Waals surface area contributed by atoms with Gasteiger partial charge in [-0.05, 0) is 18.4 Å². The molecule has 1 heterocycles. The molecule has 0 spiro atoms. The molecular weight excluding hydrogens is 206 g/mol. The Bertz CT molecular complexity index is 271. The molecule has 1 rings (SSSR count). The molecule has 0 unspecified atom stereocenters. The number of hydrogen-bond acceptors (Lipinski definition) is 3. The number of nitrogens with zero attached hydrogens (tertiary/aromatic N) is 2. The molecule has 0 aromatic carbocycles. The van der Waals surface area contributed by atoms with Gasteiger partial charge in [-0.3, -0.25) is 4.68 Å². The van der Waals surface area contributed by atoms with Crippen LogP contribution in [0.5, 0.6) is 0 Å². The molecule has 3 nitrogen and oxygen atoms in total. The molecule has 0 bridgehead atoms. The predicted molar refractivity (Wildman–Crippen MR) is 67.2 cm³/mol. The first-order valence-corrected chi connectivity index (χ1v) is 6.85. The average molecular weight is 227 g/mol. The lowest BCUT2D eigenvalue weighted by Gasteiger charge is -2.05. The van der Waals surface area contributed by atoms with Crippen molar-refractivity contribution in [2.75, 3.05) is 12.0 Å². The lowest BCUT2D eigenvalue weighted by atomic mass is 10.3. The van der Waals surface area contributed by atoms with Gasteiger partial charge in [0.2, 0.25) is 0 Å². The molecule has 86 valence electrons. The first-order chi connectivity index (χ1) is 7.22. The van der Waals surface area contributed by atoms with Crippen LogP contribution in [0.4, 0.5) is 0 Å². The number of aryl methyl sites for hydroxylation is 1. The summed E-state index contributed by atoms with van der Waals surface area (Å²) in [5, 5.41) is 7.72. The Kier molecular flexibility index (Phi) is 5.79. The van der Waals surface area contributed by atoms with Gasteiger partial charge < -0.3 is 5.32 Å². The highest BCUT2D eigenvalue weighted by Gasteiger charge is 1.99. The molecule has 0 radical (unpaired) electrons. The third-order valence-corrected chi connectivity index (χ3v) is 2.83. The van der Waals surface area contributed by atoms with Crippen LogP contribution in [0.3, 0.4) is 0 Å². The highest BCUT2D eigenvalue weighted by molar-refractivity contribution is 7.98. The van der Waals surface area contributed by atoms with Crippen LogP contribution in [0.1, 0.15) is 25.8 Å². The minimum Gasteiger partial charge on any atom is -0.310 e. The number of thioether (sulfide) groups is 1. The summed E-state index contributed by atoms with van der Waals surface area (Å²) >= 11 is 1.89. The fraction of sp³-hybridized carbons (Fsp3) is 0.727. The first kappa shape index (κ1) is 12.6. The molecule has 0 saturated heterocycles. The SMILES string of the molecule is CSCCCn1cc(CNC(C)C)cn1. The summed E-state index contributed by atoms with van der Waals surface area (Å²) in [4.78, 5) is 0. The lowest BCUT2D eigenvalue weighted by Crippen LogP contribution is -2.21. The Morgan fingerprint density at radius 1 is 1.53 bits per heavy atom. The topological polar surface area (TPSA) is 29.9 Å². The minimum absolute atomic E-state index is 0.532. The predicted octanol–water partition coefficient (Wildman–Crippen LogP) is 2.13. The van der Waals surface area contributed by atoms with E-state index in [0.717, 1.165) is 13.1 Å². The molecule has 0 aliphatic carbocycles. The molecule has 1 aromatic heterocycles. The van der Waals surface area contributed by atoms with Crippen molar-refractivity contribution in [3.63, 3.8) is 0 Å². The van der Waals surface area contributed by atoms with Crippen LogP contribution in [0.25, 0.3) is 0 Å². The quantitative estimate of drug-likeness (QED) is 0.724. The van der Waals surface area contributed by atoms with Crippen LogP contribution >= 0.6 is 11.8 Å². The van der Waals surface area contributed by atoms with E-state index in [2.05, 4.69) is 36.7 Å². The molecule has 0 fully saturated rings. The van der Waals surface area contributed by atoms with Crippen molar-refractivity contribution in [2.45, 2.75) is 39.4 Å². The van der Waals surface area contributed by atoms with Gasteiger partial charge in [-0.15, -0.1) is 0 Å². The summed E-state index contributed by atoms with van der Waals surface area (Å²) in [5.41, 5.74) is 1.27. The molecule has 4 heteroatoms. The Labute approximate surface area is 96.6 Å². The first-order valence-electron chi connectivity index (χ1n) is 5.46. The summed E-state index contributed by atoms with van der Waals surface area (Å²) in [6, 6.07) is 0.532. The number of hydrogen-bond donors (Lipinski definition) is 1. The highest BCUT2D eigenvalue weighted by atomic mass is 32.2. The van der Waals surface area contributed by atoms with Crippen molar-refractivity contribution in [1.29, 1.82) is 0 Å². The largest absolute Gasteiger partial charge is 0.310 e. The van der Waals surface area contributed by atoms with Crippen molar-refractivity contribution in [1.82, 2.24) is 15.1 Å². The summed E-state index contributed by atoms with van der Waals surface area (Å²) in [6.45, 7) is 6.26. The Morgan fingerprint density at radius 3 is 3.00 bits per heavy atom. The van der Waals surface area contributed by atoms with Crippen molar-refractivity contribution < 1.29 is 0 Å². The summed E-state index contributed by atoms with van der Waals surface area (Å²) in [6.07, 6.45) is 7.42. The second-order valence-electron chi connectivity index (χ2n) is 3.99. The average Bonchev–Trinajstić information content (AvgIpc) is 2.63. The van der Waals surface area contributed by atoms with Gasteiger partial charge in [0.1, 0.15) is 0 Å². The van der Waals surface area contributed by atoms with E-state index >= 15 is 0 Å². The summed E-state index contributed by atoms with van der Waals surface area (Å²) in [7, 11) is 0. The van der Waals surface area contributed by atoms with E-state index < -0.39 is 0 Å². The minimum atomic E-state index is 0.532. The molecule has 0 saturated carbocycles. The molecule has 0 aliphatic heterocycles. The molecule has 0 aliphatic rings. The zero-order chi connectivity index (χ0) is 11.1. The Balaban J connectivity index is 2.29. The normalized spacial score (nSPS) is 11.2. The van der Waals surface area contributed by atoms with E-state index in [1.807, 2.05) is 22.6 Å². The van der Waals surface area contributed by atoms with Crippen LogP contribution in [-0.2, 0) is 13.1 Å². The number of rotatable bonds is 7. The third kappa shape index (κ3) is 5.23. The smallest absolute Gasteiger partial charge is 0.0534 e. The zero-order valence-electron chi connectivity index (χ0n) is 9.86. The number of aromatic nitrogens is 2. The Hall–Kier alpha value is -0.480. The number of nitrogens with one attached hydrogen (secondary N) is 1. The van der Waals surface area contributed by atoms with Crippen LogP contribution in [0.15, 0.2) is 12.4 Å². The maximum absolute atomic E-state index is 4.33. The second-order valence-corrected chi connectivity index (χ2v) is 4.98. The van der Waals surface area contributed by atoms with Gasteiger partial charge in [0.15, 0.2) is 0 Å². The zero-order valence-corrected chi connectivity index (χ0v) is 10.7. The third-order valence-electron chi connectivity index (χ3n) is 2.14. The molecular formula is C11H21N3S. The Morgan fingerprint density at radius 2 is 2.33 bits per heavy atom. The lowest BCUT2D eigenvalue weighted by molar-refractivity contribution is 0.584. The van der Waals surface area contributed by atoms with E-state index in [1.165, 1.54) is 17.7 Å². The summed E-state index contributed by atoms with van der Waals surface area (Å²) < 4.78 is 2.04. The van der Waals surface area contributed by atoms with Gasteiger partial charge in [-0.2, -0.15) is 16.9 Å². The van der Waals surface area contributed by atoms with Crippen LogP contribution < -0.4 is 5.32 Å². The molecule has 1 aromatic rings. The van der Waals surface area contributed by atoms with Crippen LogP contribution in [0, 0.1) is 0 Å². The molecule has 0 amide bonds. The van der Waals surface area contributed by atoms with E-state index in [1.54, 1.807) is 0 Å².